The first-order valence-corrected chi connectivity index (χ1v) is 11.6. The molecular weight excluding hydrogens is 437 g/mol. The van der Waals surface area contributed by atoms with Gasteiger partial charge in [-0.25, -0.2) is 14.0 Å². The minimum atomic E-state index is -0.652. The van der Waals surface area contributed by atoms with Crippen molar-refractivity contribution in [3.05, 3.63) is 59.9 Å². The normalized spacial score (nSPS) is 16.4. The second-order valence-corrected chi connectivity index (χ2v) is 9.54. The lowest BCUT2D eigenvalue weighted by atomic mass is 10.1. The SMILES string of the molecule is CN(c1ccc(NC(=O)OCc2ccccc2)cc1F)C1CCCCN(C(=O)OC(C)(C)C)C1. The molecule has 1 aliphatic rings. The van der Waals surface area contributed by atoms with Gasteiger partial charge in [0.2, 0.25) is 0 Å². The number of anilines is 2. The molecule has 7 nitrogen and oxygen atoms in total. The van der Waals surface area contributed by atoms with E-state index < -0.39 is 17.5 Å². The maximum atomic E-state index is 15.0. The summed E-state index contributed by atoms with van der Waals surface area (Å²) in [6.45, 7) is 6.73. The molecule has 0 radical (unpaired) electrons. The van der Waals surface area contributed by atoms with E-state index in [2.05, 4.69) is 5.32 Å². The molecule has 1 aliphatic heterocycles. The van der Waals surface area contributed by atoms with E-state index in [1.807, 2.05) is 63.1 Å². The van der Waals surface area contributed by atoms with E-state index in [0.29, 0.717) is 24.5 Å². The van der Waals surface area contributed by atoms with Gasteiger partial charge in [0.1, 0.15) is 18.0 Å². The first-order valence-electron chi connectivity index (χ1n) is 11.6. The Hall–Kier alpha value is -3.29. The van der Waals surface area contributed by atoms with Crippen LogP contribution in [-0.4, -0.2) is 48.9 Å². The quantitative estimate of drug-likeness (QED) is 0.597. The van der Waals surface area contributed by atoms with Crippen LogP contribution in [0.25, 0.3) is 0 Å². The molecule has 1 N–H and O–H groups in total. The molecule has 1 unspecified atom stereocenters. The number of amides is 2. The average Bonchev–Trinajstić information content (AvgIpc) is 3.04. The van der Waals surface area contributed by atoms with Crippen molar-refractivity contribution in [3.8, 4) is 0 Å². The second-order valence-electron chi connectivity index (χ2n) is 9.54. The number of carbonyl (C=O) groups is 2. The third-order valence-corrected chi connectivity index (χ3v) is 5.63. The third kappa shape index (κ3) is 7.37. The lowest BCUT2D eigenvalue weighted by Crippen LogP contribution is -2.45. The maximum absolute atomic E-state index is 15.0. The number of likely N-dealkylation sites (N-methyl/N-ethyl adjacent to an activating group) is 1. The zero-order valence-corrected chi connectivity index (χ0v) is 20.3. The summed E-state index contributed by atoms with van der Waals surface area (Å²) in [6, 6.07) is 13.8. The zero-order chi connectivity index (χ0) is 24.7. The van der Waals surface area contributed by atoms with E-state index in [4.69, 9.17) is 9.47 Å². The molecule has 1 saturated heterocycles. The number of likely N-dealkylation sites (tertiary alicyclic amines) is 1. The number of rotatable bonds is 5. The Labute approximate surface area is 200 Å². The van der Waals surface area contributed by atoms with Gasteiger partial charge in [-0.05, 0) is 63.8 Å². The highest BCUT2D eigenvalue weighted by atomic mass is 19.1. The maximum Gasteiger partial charge on any atom is 0.411 e. The van der Waals surface area contributed by atoms with Crippen molar-refractivity contribution in [1.82, 2.24) is 4.90 Å². The Morgan fingerprint density at radius 2 is 1.88 bits per heavy atom. The van der Waals surface area contributed by atoms with Crippen LogP contribution in [0.15, 0.2) is 48.5 Å². The van der Waals surface area contributed by atoms with Gasteiger partial charge in [0.15, 0.2) is 0 Å². The van der Waals surface area contributed by atoms with Crippen LogP contribution in [0.2, 0.25) is 0 Å². The second kappa shape index (κ2) is 11.2. The Morgan fingerprint density at radius 1 is 1.15 bits per heavy atom. The predicted molar refractivity (Wildman–Crippen MR) is 130 cm³/mol. The number of halogens is 1. The first-order chi connectivity index (χ1) is 16.1. The van der Waals surface area contributed by atoms with Gasteiger partial charge < -0.3 is 19.3 Å². The van der Waals surface area contributed by atoms with Crippen LogP contribution in [0.4, 0.5) is 25.4 Å². The van der Waals surface area contributed by atoms with Crippen molar-refractivity contribution in [2.45, 2.75) is 58.3 Å². The average molecular weight is 472 g/mol. The standard InChI is InChI=1S/C26H34FN3O4/c1-26(2,3)34-25(32)30-15-9-8-12-21(17-30)29(4)23-14-13-20(16-22(23)27)28-24(31)33-18-19-10-6-5-7-11-19/h5-7,10-11,13-14,16,21H,8-9,12,15,17-18H2,1-4H3,(H,28,31). The molecule has 184 valence electrons. The number of nitrogens with one attached hydrogen (secondary N) is 1. The highest BCUT2D eigenvalue weighted by Crippen LogP contribution is 2.27. The van der Waals surface area contributed by atoms with Crippen molar-refractivity contribution in [1.29, 1.82) is 0 Å². The molecule has 0 bridgehead atoms. The van der Waals surface area contributed by atoms with Crippen LogP contribution in [0, 0.1) is 5.82 Å². The summed E-state index contributed by atoms with van der Waals surface area (Å²) in [5, 5.41) is 2.56. The summed E-state index contributed by atoms with van der Waals surface area (Å²) < 4.78 is 25.7. The molecule has 2 amide bonds. The van der Waals surface area contributed by atoms with E-state index in [0.717, 1.165) is 24.8 Å². The molecule has 8 heteroatoms. The van der Waals surface area contributed by atoms with E-state index in [1.165, 1.54) is 6.07 Å². The molecule has 3 rings (SSSR count). The van der Waals surface area contributed by atoms with Gasteiger partial charge in [-0.1, -0.05) is 30.3 Å². The minimum absolute atomic E-state index is 0.0563. The third-order valence-electron chi connectivity index (χ3n) is 5.63. The largest absolute Gasteiger partial charge is 0.444 e. The summed E-state index contributed by atoms with van der Waals surface area (Å²) >= 11 is 0. The Bertz CT molecular complexity index is 978. The van der Waals surface area contributed by atoms with Crippen LogP contribution >= 0.6 is 0 Å². The van der Waals surface area contributed by atoms with Crippen LogP contribution in [0.1, 0.15) is 45.6 Å². The van der Waals surface area contributed by atoms with Gasteiger partial charge in [-0.2, -0.15) is 0 Å². The fraction of sp³-hybridized carbons (Fsp3) is 0.462. The molecule has 2 aromatic rings. The number of ether oxygens (including phenoxy) is 2. The summed E-state index contributed by atoms with van der Waals surface area (Å²) in [4.78, 5) is 28.2. The molecular formula is C26H34FN3O4. The number of hydrogen-bond donors (Lipinski definition) is 1. The molecule has 1 heterocycles. The zero-order valence-electron chi connectivity index (χ0n) is 20.3. The summed E-state index contributed by atoms with van der Waals surface area (Å²) in [6.07, 6.45) is 1.65. The van der Waals surface area contributed by atoms with Gasteiger partial charge in [-0.3, -0.25) is 5.32 Å². The van der Waals surface area contributed by atoms with Crippen molar-refractivity contribution in [3.63, 3.8) is 0 Å². The Morgan fingerprint density at radius 3 is 2.56 bits per heavy atom. The van der Waals surface area contributed by atoms with Crippen LogP contribution in [-0.2, 0) is 16.1 Å². The molecule has 1 fully saturated rings. The fourth-order valence-corrected chi connectivity index (χ4v) is 3.87. The summed E-state index contributed by atoms with van der Waals surface area (Å²) in [5.74, 6) is -0.462. The number of carbonyl (C=O) groups excluding carboxylic acids is 2. The van der Waals surface area contributed by atoms with E-state index in [1.54, 1.807) is 17.0 Å². The summed E-state index contributed by atoms with van der Waals surface area (Å²) in [7, 11) is 1.82. The van der Waals surface area contributed by atoms with Crippen LogP contribution in [0.3, 0.4) is 0 Å². The first kappa shape index (κ1) is 25.3. The molecule has 34 heavy (non-hydrogen) atoms. The van der Waals surface area contributed by atoms with Gasteiger partial charge in [0.25, 0.3) is 0 Å². The highest BCUT2D eigenvalue weighted by molar-refractivity contribution is 5.85. The Kier molecular flexibility index (Phi) is 8.36. The smallest absolute Gasteiger partial charge is 0.411 e. The highest BCUT2D eigenvalue weighted by Gasteiger charge is 2.29. The lowest BCUT2D eigenvalue weighted by molar-refractivity contribution is 0.0249. The van der Waals surface area contributed by atoms with Gasteiger partial charge in [-0.15, -0.1) is 0 Å². The number of nitrogens with zero attached hydrogens (tertiary/aromatic N) is 2. The fourth-order valence-electron chi connectivity index (χ4n) is 3.87. The van der Waals surface area contributed by atoms with Crippen molar-refractivity contribution in [2.24, 2.45) is 0 Å². The van der Waals surface area contributed by atoms with Gasteiger partial charge >= 0.3 is 12.2 Å². The van der Waals surface area contributed by atoms with E-state index >= 15 is 0 Å². The lowest BCUT2D eigenvalue weighted by Gasteiger charge is -2.33. The number of benzene rings is 2. The van der Waals surface area contributed by atoms with Crippen molar-refractivity contribution >= 4 is 23.6 Å². The Balaban J connectivity index is 1.61. The van der Waals surface area contributed by atoms with E-state index in [9.17, 15) is 14.0 Å². The molecule has 0 saturated carbocycles. The van der Waals surface area contributed by atoms with Crippen LogP contribution < -0.4 is 10.2 Å². The molecule has 0 aliphatic carbocycles. The van der Waals surface area contributed by atoms with Crippen molar-refractivity contribution in [2.75, 3.05) is 30.4 Å². The minimum Gasteiger partial charge on any atom is -0.444 e. The monoisotopic (exact) mass is 471 g/mol. The number of hydrogen-bond acceptors (Lipinski definition) is 5. The van der Waals surface area contributed by atoms with Gasteiger partial charge in [0.05, 0.1) is 5.69 Å². The molecule has 0 spiro atoms. The van der Waals surface area contributed by atoms with Crippen molar-refractivity contribution < 1.29 is 23.5 Å². The molecule has 2 aromatic carbocycles. The molecule has 0 aromatic heterocycles. The molecule has 1 atom stereocenters. The summed E-state index contributed by atoms with van der Waals surface area (Å²) in [5.41, 5.74) is 1.01. The predicted octanol–water partition coefficient (Wildman–Crippen LogP) is 5.80. The van der Waals surface area contributed by atoms with Crippen LogP contribution in [0.5, 0.6) is 0 Å². The topological polar surface area (TPSA) is 71.1 Å². The van der Waals surface area contributed by atoms with Gasteiger partial charge in [0, 0.05) is 31.9 Å². The van der Waals surface area contributed by atoms with E-state index in [-0.39, 0.29) is 18.7 Å².